The van der Waals surface area contributed by atoms with Gasteiger partial charge >= 0.3 is 6.09 Å². The first-order valence-corrected chi connectivity index (χ1v) is 13.1. The molecule has 0 spiro atoms. The monoisotopic (exact) mass is 523 g/mol. The van der Waals surface area contributed by atoms with Crippen LogP contribution in [0, 0.1) is 5.92 Å². The molecular formula is C29H37N3O6. The molecule has 2 heterocycles. The maximum atomic E-state index is 12.6. The molecule has 1 aromatic heterocycles. The zero-order valence-electron chi connectivity index (χ0n) is 22.5. The SMILES string of the molecule is COC(=O)N1c2ccc3c(nc(C(O)c4ccc(OC)cc4)n3C3CCCC(C)C3)c2CCC1C.O=CO. The molecule has 38 heavy (non-hydrogen) atoms. The van der Waals surface area contributed by atoms with E-state index < -0.39 is 6.10 Å². The average molecular weight is 524 g/mol. The number of aromatic nitrogens is 2. The third kappa shape index (κ3) is 5.20. The predicted octanol–water partition coefficient (Wildman–Crippen LogP) is 5.49. The molecule has 0 bridgehead atoms. The molecule has 2 aromatic carbocycles. The van der Waals surface area contributed by atoms with E-state index >= 15 is 0 Å². The highest BCUT2D eigenvalue weighted by atomic mass is 16.5. The number of hydrogen-bond donors (Lipinski definition) is 2. The van der Waals surface area contributed by atoms with Crippen LogP contribution in [0.5, 0.6) is 5.75 Å². The van der Waals surface area contributed by atoms with Gasteiger partial charge in [-0.15, -0.1) is 0 Å². The second kappa shape index (κ2) is 11.9. The summed E-state index contributed by atoms with van der Waals surface area (Å²) in [5.41, 5.74) is 4.60. The largest absolute Gasteiger partial charge is 0.497 e. The molecule has 2 aliphatic rings. The van der Waals surface area contributed by atoms with Gasteiger partial charge in [0.05, 0.1) is 30.9 Å². The van der Waals surface area contributed by atoms with Gasteiger partial charge in [0, 0.05) is 17.6 Å². The molecule has 0 radical (unpaired) electrons. The molecule has 1 saturated carbocycles. The summed E-state index contributed by atoms with van der Waals surface area (Å²) in [7, 11) is 3.06. The van der Waals surface area contributed by atoms with E-state index in [1.807, 2.05) is 37.3 Å². The van der Waals surface area contributed by atoms with Crippen LogP contribution < -0.4 is 9.64 Å². The molecule has 9 nitrogen and oxygen atoms in total. The lowest BCUT2D eigenvalue weighted by Gasteiger charge is -2.34. The zero-order chi connectivity index (χ0) is 27.4. The number of anilines is 1. The number of aliphatic hydroxyl groups excluding tert-OH is 1. The van der Waals surface area contributed by atoms with Crippen molar-refractivity contribution >= 4 is 29.3 Å². The first-order valence-electron chi connectivity index (χ1n) is 13.1. The molecular weight excluding hydrogens is 486 g/mol. The van der Waals surface area contributed by atoms with E-state index in [4.69, 9.17) is 24.4 Å². The number of imidazole rings is 1. The molecule has 1 amide bonds. The topological polar surface area (TPSA) is 114 Å². The number of amides is 1. The Kier molecular flexibility index (Phi) is 8.56. The van der Waals surface area contributed by atoms with E-state index in [9.17, 15) is 9.90 Å². The Morgan fingerprint density at radius 1 is 1.11 bits per heavy atom. The van der Waals surface area contributed by atoms with E-state index in [-0.39, 0.29) is 24.6 Å². The number of carboxylic acid groups (broad SMARTS) is 1. The summed E-state index contributed by atoms with van der Waals surface area (Å²) in [5.74, 6) is 2.05. The average Bonchev–Trinajstić information content (AvgIpc) is 3.32. The predicted molar refractivity (Wildman–Crippen MR) is 145 cm³/mol. The Balaban J connectivity index is 0.00000107. The number of hydrogen-bond acceptors (Lipinski definition) is 6. The Morgan fingerprint density at radius 3 is 2.45 bits per heavy atom. The molecule has 2 N–H and O–H groups in total. The van der Waals surface area contributed by atoms with Crippen molar-refractivity contribution in [3.8, 4) is 5.75 Å². The summed E-state index contributed by atoms with van der Waals surface area (Å²) >= 11 is 0. The molecule has 5 rings (SSSR count). The Morgan fingerprint density at radius 2 is 1.82 bits per heavy atom. The maximum Gasteiger partial charge on any atom is 0.414 e. The van der Waals surface area contributed by atoms with Gasteiger partial charge in [0.25, 0.3) is 6.47 Å². The maximum absolute atomic E-state index is 12.6. The number of nitrogens with zero attached hydrogens (tertiary/aromatic N) is 3. The van der Waals surface area contributed by atoms with Crippen molar-refractivity contribution in [2.24, 2.45) is 5.92 Å². The van der Waals surface area contributed by atoms with Gasteiger partial charge in [0.15, 0.2) is 0 Å². The van der Waals surface area contributed by atoms with Crippen LogP contribution in [0.4, 0.5) is 10.5 Å². The fraction of sp³-hybridized carbons (Fsp3) is 0.483. The van der Waals surface area contributed by atoms with Crippen LogP contribution in [0.2, 0.25) is 0 Å². The fourth-order valence-corrected chi connectivity index (χ4v) is 5.94. The van der Waals surface area contributed by atoms with Gasteiger partial charge in [0.2, 0.25) is 0 Å². The third-order valence-corrected chi connectivity index (χ3v) is 7.80. The summed E-state index contributed by atoms with van der Waals surface area (Å²) in [5, 5.41) is 18.4. The molecule has 1 fully saturated rings. The Hall–Kier alpha value is -3.59. The molecule has 9 heteroatoms. The van der Waals surface area contributed by atoms with Crippen LogP contribution in [0.25, 0.3) is 11.0 Å². The highest BCUT2D eigenvalue weighted by molar-refractivity contribution is 5.95. The zero-order valence-corrected chi connectivity index (χ0v) is 22.5. The number of benzene rings is 2. The van der Waals surface area contributed by atoms with E-state index in [0.29, 0.717) is 11.7 Å². The lowest BCUT2D eigenvalue weighted by atomic mass is 9.86. The van der Waals surface area contributed by atoms with Crippen LogP contribution in [0.15, 0.2) is 36.4 Å². The van der Waals surface area contributed by atoms with Gasteiger partial charge in [-0.25, -0.2) is 9.78 Å². The van der Waals surface area contributed by atoms with Crippen LogP contribution in [0.3, 0.4) is 0 Å². The van der Waals surface area contributed by atoms with Crippen molar-refractivity contribution in [2.75, 3.05) is 19.1 Å². The smallest absolute Gasteiger partial charge is 0.414 e. The van der Waals surface area contributed by atoms with Crippen LogP contribution >= 0.6 is 0 Å². The van der Waals surface area contributed by atoms with Crippen molar-refractivity contribution in [3.05, 3.63) is 53.3 Å². The minimum atomic E-state index is -0.861. The minimum Gasteiger partial charge on any atom is -0.497 e. The number of rotatable bonds is 4. The number of ether oxygens (including phenoxy) is 2. The number of carbonyl (C=O) groups is 2. The van der Waals surface area contributed by atoms with Crippen molar-refractivity contribution < 1.29 is 29.3 Å². The van der Waals surface area contributed by atoms with Crippen LogP contribution in [-0.2, 0) is 16.0 Å². The van der Waals surface area contributed by atoms with Crippen molar-refractivity contribution in [1.29, 1.82) is 0 Å². The minimum absolute atomic E-state index is 0.0537. The van der Waals surface area contributed by atoms with Crippen molar-refractivity contribution in [1.82, 2.24) is 9.55 Å². The molecule has 4 unspecified atom stereocenters. The molecule has 1 aliphatic heterocycles. The quantitative estimate of drug-likeness (QED) is 0.435. The number of methoxy groups -OCH3 is 2. The van der Waals surface area contributed by atoms with Crippen molar-refractivity contribution in [3.63, 3.8) is 0 Å². The summed E-state index contributed by atoms with van der Waals surface area (Å²) in [6.07, 6.45) is 5.00. The summed E-state index contributed by atoms with van der Waals surface area (Å²) < 4.78 is 12.7. The second-order valence-electron chi connectivity index (χ2n) is 10.2. The van der Waals surface area contributed by atoms with Crippen molar-refractivity contribution in [2.45, 2.75) is 70.6 Å². The number of fused-ring (bicyclic) bond motifs is 3. The van der Waals surface area contributed by atoms with Gasteiger partial charge in [-0.3, -0.25) is 9.69 Å². The van der Waals surface area contributed by atoms with E-state index in [2.05, 4.69) is 17.6 Å². The van der Waals surface area contributed by atoms with E-state index in [1.54, 1.807) is 12.0 Å². The summed E-state index contributed by atoms with van der Waals surface area (Å²) in [6, 6.07) is 12.0. The molecule has 4 atom stereocenters. The standard InChI is InChI=1S/C28H35N3O4.CH2O2/c1-17-6-5-7-20(16-17)31-24-15-14-23-22(13-8-18(2)30(23)28(33)35-4)25(24)29-27(31)26(32)19-9-11-21(34-3)12-10-19;2-1-3/h9-12,14-15,17-18,20,26,32H,5-8,13,16H2,1-4H3;1H,(H,2,3). The highest BCUT2D eigenvalue weighted by Crippen LogP contribution is 2.42. The fourth-order valence-electron chi connectivity index (χ4n) is 5.94. The van der Waals surface area contributed by atoms with Crippen LogP contribution in [0.1, 0.15) is 75.0 Å². The van der Waals surface area contributed by atoms with Gasteiger partial charge in [0.1, 0.15) is 17.7 Å². The Labute approximate surface area is 223 Å². The number of aryl methyl sites for hydroxylation is 1. The third-order valence-electron chi connectivity index (χ3n) is 7.80. The van der Waals surface area contributed by atoms with Gasteiger partial charge in [-0.2, -0.15) is 0 Å². The normalized spacial score (nSPS) is 21.6. The van der Waals surface area contributed by atoms with Gasteiger partial charge < -0.3 is 24.3 Å². The molecule has 1 aliphatic carbocycles. The van der Waals surface area contributed by atoms with E-state index in [1.165, 1.54) is 20.0 Å². The molecule has 3 aromatic rings. The van der Waals surface area contributed by atoms with E-state index in [0.717, 1.165) is 59.3 Å². The Bertz CT molecular complexity index is 1270. The second-order valence-corrected chi connectivity index (χ2v) is 10.2. The van der Waals surface area contributed by atoms with Gasteiger partial charge in [-0.1, -0.05) is 31.9 Å². The summed E-state index contributed by atoms with van der Waals surface area (Å²) in [4.78, 5) is 27.8. The van der Waals surface area contributed by atoms with Gasteiger partial charge in [-0.05, 0) is 68.4 Å². The number of carbonyl (C=O) groups excluding carboxylic acids is 1. The first kappa shape index (κ1) is 27.4. The number of aliphatic hydroxyl groups is 1. The molecule has 204 valence electrons. The highest BCUT2D eigenvalue weighted by Gasteiger charge is 2.34. The first-order chi connectivity index (χ1) is 18.3. The molecule has 0 saturated heterocycles. The lowest BCUT2D eigenvalue weighted by molar-refractivity contribution is -0.122. The summed E-state index contributed by atoms with van der Waals surface area (Å²) in [6.45, 7) is 4.10. The lowest BCUT2D eigenvalue weighted by Crippen LogP contribution is -2.42. The van der Waals surface area contributed by atoms with Crippen LogP contribution in [-0.4, -0.2) is 52.6 Å².